The number of pyridine rings is 1. The molecule has 0 amide bonds. The van der Waals surface area contributed by atoms with E-state index in [9.17, 15) is 22.8 Å². The molecule has 1 aliphatic heterocycles. The van der Waals surface area contributed by atoms with Crippen molar-refractivity contribution in [3.8, 4) is 28.6 Å². The maximum Gasteiger partial charge on any atom is 0.395 e. The van der Waals surface area contributed by atoms with Crippen molar-refractivity contribution in [1.82, 2.24) is 15.0 Å². The lowest BCUT2D eigenvalue weighted by Crippen LogP contribution is -2.38. The van der Waals surface area contributed by atoms with Crippen LogP contribution in [0.1, 0.15) is 5.56 Å². The van der Waals surface area contributed by atoms with Crippen LogP contribution in [0.15, 0.2) is 54.9 Å². The zero-order valence-electron chi connectivity index (χ0n) is 17.6. The number of imidazole rings is 1. The molecule has 2 atom stereocenters. The Morgan fingerprint density at radius 3 is 2.56 bits per heavy atom. The number of nitrogens with one attached hydrogen (secondary N) is 1. The Bertz CT molecular complexity index is 1420. The van der Waals surface area contributed by atoms with Gasteiger partial charge in [-0.15, -0.1) is 0 Å². The van der Waals surface area contributed by atoms with Crippen molar-refractivity contribution in [3.05, 3.63) is 66.2 Å². The summed E-state index contributed by atoms with van der Waals surface area (Å²) in [5.41, 5.74) is 8.83. The molecule has 1 aliphatic rings. The first kappa shape index (κ1) is 21.9. The van der Waals surface area contributed by atoms with Gasteiger partial charge in [0.2, 0.25) is 0 Å². The molecule has 3 heterocycles. The van der Waals surface area contributed by atoms with Crippen LogP contribution in [0.4, 0.5) is 23.2 Å². The van der Waals surface area contributed by atoms with Crippen LogP contribution in [-0.2, 0) is 0 Å². The van der Waals surface area contributed by atoms with E-state index < -0.39 is 24.0 Å². The van der Waals surface area contributed by atoms with Crippen LogP contribution in [0.3, 0.4) is 0 Å². The molecule has 0 radical (unpaired) electrons. The molecule has 2 aromatic heterocycles. The molecule has 3 N–H and O–H groups in total. The Hall–Kier alpha value is -3.97. The molecule has 0 spiro atoms. The molecule has 2 aromatic carbocycles. The summed E-state index contributed by atoms with van der Waals surface area (Å²) < 4.78 is 55.1. The van der Waals surface area contributed by atoms with Gasteiger partial charge in [-0.3, -0.25) is 4.98 Å². The Labute approximate surface area is 191 Å². The average Bonchev–Trinajstić information content (AvgIpc) is 3.43. The van der Waals surface area contributed by atoms with Crippen molar-refractivity contribution < 1.29 is 17.6 Å². The molecule has 0 saturated carbocycles. The smallest absolute Gasteiger partial charge is 0.368 e. The third kappa shape index (κ3) is 3.74. The second kappa shape index (κ2) is 8.11. The highest BCUT2D eigenvalue weighted by Crippen LogP contribution is 2.43. The fraction of sp³-hybridized carbons (Fsp3) is 0.208. The first-order valence-electron chi connectivity index (χ1n) is 10.5. The summed E-state index contributed by atoms with van der Waals surface area (Å²) in [6.07, 6.45) is -1.44. The molecule has 2 unspecified atom stereocenters. The monoisotopic (exact) mass is 466 g/mol. The Balaban J connectivity index is 1.72. The highest BCUT2D eigenvalue weighted by atomic mass is 19.4. The predicted molar refractivity (Wildman–Crippen MR) is 119 cm³/mol. The highest BCUT2D eigenvalue weighted by molar-refractivity contribution is 5.91. The Kier molecular flexibility index (Phi) is 5.21. The van der Waals surface area contributed by atoms with Crippen LogP contribution in [-0.4, -0.2) is 40.3 Å². The topological polar surface area (TPSA) is 94.6 Å². The molecule has 1 saturated heterocycles. The summed E-state index contributed by atoms with van der Waals surface area (Å²) in [6, 6.07) is 12.1. The van der Waals surface area contributed by atoms with E-state index in [1.807, 2.05) is 0 Å². The lowest BCUT2D eigenvalue weighted by molar-refractivity contribution is -0.171. The van der Waals surface area contributed by atoms with Crippen LogP contribution in [0.5, 0.6) is 0 Å². The number of fused-ring (bicyclic) bond motifs is 1. The van der Waals surface area contributed by atoms with Crippen LogP contribution >= 0.6 is 0 Å². The van der Waals surface area contributed by atoms with Gasteiger partial charge < -0.3 is 15.6 Å². The fourth-order valence-electron chi connectivity index (χ4n) is 4.42. The van der Waals surface area contributed by atoms with E-state index in [2.05, 4.69) is 21.0 Å². The lowest BCUT2D eigenvalue weighted by atomic mass is 10.00. The number of nitriles is 1. The van der Waals surface area contributed by atoms with Gasteiger partial charge in [0, 0.05) is 37.1 Å². The van der Waals surface area contributed by atoms with Gasteiger partial charge in [0.15, 0.2) is 5.82 Å². The number of rotatable bonds is 3. The minimum Gasteiger partial charge on any atom is -0.368 e. The molecule has 5 rings (SSSR count). The van der Waals surface area contributed by atoms with E-state index in [0.29, 0.717) is 33.5 Å². The van der Waals surface area contributed by atoms with Crippen LogP contribution < -0.4 is 10.6 Å². The van der Waals surface area contributed by atoms with E-state index in [1.54, 1.807) is 35.2 Å². The molecule has 34 heavy (non-hydrogen) atoms. The molecule has 0 bridgehead atoms. The third-order valence-corrected chi connectivity index (χ3v) is 6.04. The highest BCUT2D eigenvalue weighted by Gasteiger charge is 2.49. The van der Waals surface area contributed by atoms with Crippen molar-refractivity contribution >= 4 is 16.7 Å². The number of aromatic amines is 1. The fourth-order valence-corrected chi connectivity index (χ4v) is 4.42. The van der Waals surface area contributed by atoms with E-state index >= 15 is 0 Å². The van der Waals surface area contributed by atoms with Crippen LogP contribution in [0.2, 0.25) is 0 Å². The molecule has 10 heteroatoms. The van der Waals surface area contributed by atoms with Gasteiger partial charge in [0.1, 0.15) is 11.3 Å². The SMILES string of the molecule is N#Cc1cccc(-c2cncc(-c3nc4c(F)cccc4[nH]3)c2N2CC(N)C(C(F)(F)F)C2)c1. The number of alkyl halides is 3. The number of nitrogens with two attached hydrogens (primary N) is 1. The van der Waals surface area contributed by atoms with E-state index in [0.717, 1.165) is 0 Å². The summed E-state index contributed by atoms with van der Waals surface area (Å²) in [7, 11) is 0. The van der Waals surface area contributed by atoms with Crippen LogP contribution in [0, 0.1) is 23.1 Å². The standard InChI is InChI=1S/C24H18F4N6/c25-18-5-2-6-20-21(18)33-23(32-20)16-10-31-9-15(14-4-1-3-13(7-14)8-29)22(16)34-11-17(19(30)12-34)24(26,27)28/h1-7,9-10,17,19H,11-12,30H2,(H,32,33). The summed E-state index contributed by atoms with van der Waals surface area (Å²) in [5, 5.41) is 9.32. The molecule has 4 aromatic rings. The molecule has 6 nitrogen and oxygen atoms in total. The number of anilines is 1. The van der Waals surface area contributed by atoms with Gasteiger partial charge in [0.25, 0.3) is 0 Å². The van der Waals surface area contributed by atoms with Gasteiger partial charge in [-0.05, 0) is 29.8 Å². The predicted octanol–water partition coefficient (Wildman–Crippen LogP) is 4.63. The quantitative estimate of drug-likeness (QED) is 0.430. The van der Waals surface area contributed by atoms with Crippen LogP contribution in [0.25, 0.3) is 33.5 Å². The molecular formula is C24H18F4N6. The van der Waals surface area contributed by atoms with Crippen molar-refractivity contribution in [2.24, 2.45) is 11.7 Å². The maximum absolute atomic E-state index is 14.3. The largest absolute Gasteiger partial charge is 0.395 e. The minimum atomic E-state index is -4.45. The first-order valence-corrected chi connectivity index (χ1v) is 10.5. The summed E-state index contributed by atoms with van der Waals surface area (Å²) in [5.74, 6) is -1.96. The second-order valence-electron chi connectivity index (χ2n) is 8.21. The van der Waals surface area contributed by atoms with E-state index in [4.69, 9.17) is 5.73 Å². The van der Waals surface area contributed by atoms with Crippen molar-refractivity contribution in [1.29, 1.82) is 5.26 Å². The summed E-state index contributed by atoms with van der Waals surface area (Å²) in [4.78, 5) is 13.3. The Morgan fingerprint density at radius 1 is 1.09 bits per heavy atom. The maximum atomic E-state index is 14.3. The lowest BCUT2D eigenvalue weighted by Gasteiger charge is -2.25. The van der Waals surface area contributed by atoms with Gasteiger partial charge >= 0.3 is 6.18 Å². The Morgan fingerprint density at radius 2 is 1.85 bits per heavy atom. The number of hydrogen-bond donors (Lipinski definition) is 2. The van der Waals surface area contributed by atoms with Crippen molar-refractivity contribution in [2.45, 2.75) is 12.2 Å². The van der Waals surface area contributed by atoms with Crippen molar-refractivity contribution in [3.63, 3.8) is 0 Å². The number of halogens is 4. The zero-order valence-corrected chi connectivity index (χ0v) is 17.6. The minimum absolute atomic E-state index is 0.0410. The second-order valence-corrected chi connectivity index (χ2v) is 8.21. The van der Waals surface area contributed by atoms with Gasteiger partial charge in [-0.1, -0.05) is 18.2 Å². The number of H-pyrrole nitrogens is 1. The number of benzene rings is 2. The summed E-state index contributed by atoms with van der Waals surface area (Å²) >= 11 is 0. The molecule has 1 fully saturated rings. The molecule has 172 valence electrons. The first-order chi connectivity index (χ1) is 16.3. The summed E-state index contributed by atoms with van der Waals surface area (Å²) in [6.45, 7) is -0.387. The average molecular weight is 466 g/mol. The number of para-hydroxylation sites is 1. The van der Waals surface area contributed by atoms with Gasteiger partial charge in [-0.25, -0.2) is 9.37 Å². The van der Waals surface area contributed by atoms with Crippen molar-refractivity contribution in [2.75, 3.05) is 18.0 Å². The normalized spacial score (nSPS) is 18.4. The van der Waals surface area contributed by atoms with Gasteiger partial charge in [-0.2, -0.15) is 18.4 Å². The zero-order chi connectivity index (χ0) is 24.0. The number of hydrogen-bond acceptors (Lipinski definition) is 5. The molecular weight excluding hydrogens is 448 g/mol. The van der Waals surface area contributed by atoms with E-state index in [1.165, 1.54) is 24.5 Å². The number of aromatic nitrogens is 3. The van der Waals surface area contributed by atoms with Gasteiger partial charge in [0.05, 0.1) is 34.3 Å². The molecule has 0 aliphatic carbocycles. The number of nitrogens with zero attached hydrogens (tertiary/aromatic N) is 4. The van der Waals surface area contributed by atoms with E-state index in [-0.39, 0.29) is 24.4 Å². The third-order valence-electron chi connectivity index (χ3n) is 6.04.